The molecule has 0 aromatic carbocycles. The van der Waals surface area contributed by atoms with Crippen LogP contribution in [0.5, 0.6) is 0 Å². The molecule has 2 atom stereocenters. The lowest BCUT2D eigenvalue weighted by atomic mass is 9.94. The van der Waals surface area contributed by atoms with Gasteiger partial charge < -0.3 is 15.2 Å². The van der Waals surface area contributed by atoms with Crippen LogP contribution in [0.3, 0.4) is 0 Å². The third kappa shape index (κ3) is 6.57. The van der Waals surface area contributed by atoms with Crippen molar-refractivity contribution in [2.45, 2.75) is 58.0 Å². The Morgan fingerprint density at radius 3 is 2.74 bits per heavy atom. The number of amides is 1. The van der Waals surface area contributed by atoms with Gasteiger partial charge in [0.1, 0.15) is 6.10 Å². The minimum absolute atomic E-state index is 0.0222. The maximum absolute atomic E-state index is 11.7. The predicted octanol–water partition coefficient (Wildman–Crippen LogP) is 1.95. The zero-order valence-electron chi connectivity index (χ0n) is 11.7. The number of carboxylic acids is 1. The molecule has 0 spiro atoms. The molecule has 19 heavy (non-hydrogen) atoms. The van der Waals surface area contributed by atoms with E-state index in [1.165, 1.54) is 0 Å². The summed E-state index contributed by atoms with van der Waals surface area (Å²) in [5.41, 5.74) is 0. The first-order valence-corrected chi connectivity index (χ1v) is 7.24. The Labute approximate surface area is 114 Å². The summed E-state index contributed by atoms with van der Waals surface area (Å²) in [6.07, 6.45) is 5.30. The first-order valence-electron chi connectivity index (χ1n) is 7.24. The highest BCUT2D eigenvalue weighted by Crippen LogP contribution is 2.17. The van der Waals surface area contributed by atoms with E-state index < -0.39 is 5.97 Å². The van der Waals surface area contributed by atoms with Gasteiger partial charge in [-0.05, 0) is 31.6 Å². The molecule has 1 unspecified atom stereocenters. The van der Waals surface area contributed by atoms with E-state index in [1.54, 1.807) is 0 Å². The fourth-order valence-corrected chi connectivity index (χ4v) is 2.47. The van der Waals surface area contributed by atoms with Gasteiger partial charge in [-0.3, -0.25) is 9.59 Å². The maximum Gasteiger partial charge on any atom is 0.303 e. The molecule has 1 fully saturated rings. The third-order valence-electron chi connectivity index (χ3n) is 3.54. The van der Waals surface area contributed by atoms with E-state index in [0.29, 0.717) is 25.5 Å². The van der Waals surface area contributed by atoms with Gasteiger partial charge in [-0.2, -0.15) is 0 Å². The fourth-order valence-electron chi connectivity index (χ4n) is 2.47. The lowest BCUT2D eigenvalue weighted by Crippen LogP contribution is -2.35. The van der Waals surface area contributed by atoms with E-state index in [4.69, 9.17) is 9.84 Å². The number of hydrogen-bond donors (Lipinski definition) is 2. The van der Waals surface area contributed by atoms with Crippen molar-refractivity contribution >= 4 is 11.9 Å². The summed E-state index contributed by atoms with van der Waals surface area (Å²) in [5, 5.41) is 11.6. The summed E-state index contributed by atoms with van der Waals surface area (Å²) in [7, 11) is 0. The summed E-state index contributed by atoms with van der Waals surface area (Å²) < 4.78 is 5.31. The van der Waals surface area contributed by atoms with Gasteiger partial charge in [-0.25, -0.2) is 0 Å². The normalized spacial score (nSPS) is 20.2. The summed E-state index contributed by atoms with van der Waals surface area (Å²) in [5.74, 6) is -0.388. The average Bonchev–Trinajstić information content (AvgIpc) is 2.89. The average molecular weight is 271 g/mol. The summed E-state index contributed by atoms with van der Waals surface area (Å²) in [4.78, 5) is 22.3. The molecule has 0 saturated carbocycles. The van der Waals surface area contributed by atoms with Crippen molar-refractivity contribution in [2.24, 2.45) is 5.92 Å². The monoisotopic (exact) mass is 271 g/mol. The smallest absolute Gasteiger partial charge is 0.303 e. The minimum atomic E-state index is -0.746. The van der Waals surface area contributed by atoms with Gasteiger partial charge in [0.2, 0.25) is 5.91 Å². The van der Waals surface area contributed by atoms with Crippen LogP contribution in [0.15, 0.2) is 0 Å². The maximum atomic E-state index is 11.7. The minimum Gasteiger partial charge on any atom is -0.481 e. The van der Waals surface area contributed by atoms with E-state index in [1.807, 2.05) is 0 Å². The number of aliphatic carboxylic acids is 1. The summed E-state index contributed by atoms with van der Waals surface area (Å²) >= 11 is 0. The van der Waals surface area contributed by atoms with Crippen LogP contribution in [0.2, 0.25) is 0 Å². The molecular formula is C14H25NO4. The first-order chi connectivity index (χ1) is 9.13. The van der Waals surface area contributed by atoms with Crippen LogP contribution >= 0.6 is 0 Å². The molecule has 5 nitrogen and oxygen atoms in total. The highest BCUT2D eigenvalue weighted by atomic mass is 16.5. The second kappa shape index (κ2) is 8.91. The lowest BCUT2D eigenvalue weighted by molar-refractivity contribution is -0.137. The molecular weight excluding hydrogens is 246 g/mol. The van der Waals surface area contributed by atoms with Crippen molar-refractivity contribution in [1.29, 1.82) is 0 Å². The van der Waals surface area contributed by atoms with Gasteiger partial charge in [0.05, 0.1) is 0 Å². The van der Waals surface area contributed by atoms with Gasteiger partial charge in [-0.15, -0.1) is 0 Å². The van der Waals surface area contributed by atoms with E-state index in [2.05, 4.69) is 12.2 Å². The van der Waals surface area contributed by atoms with Crippen molar-refractivity contribution in [3.8, 4) is 0 Å². The van der Waals surface area contributed by atoms with Gasteiger partial charge in [0.15, 0.2) is 0 Å². The molecule has 5 heteroatoms. The van der Waals surface area contributed by atoms with Crippen LogP contribution in [-0.2, 0) is 14.3 Å². The molecule has 110 valence electrons. The van der Waals surface area contributed by atoms with Gasteiger partial charge >= 0.3 is 5.97 Å². The zero-order valence-corrected chi connectivity index (χ0v) is 11.7. The van der Waals surface area contributed by atoms with Crippen LogP contribution in [0.1, 0.15) is 51.9 Å². The Bertz CT molecular complexity index is 287. The van der Waals surface area contributed by atoms with Crippen LogP contribution in [0.4, 0.5) is 0 Å². The Kier molecular flexibility index (Phi) is 7.48. The fraction of sp³-hybridized carbons (Fsp3) is 0.857. The van der Waals surface area contributed by atoms with Crippen molar-refractivity contribution in [3.63, 3.8) is 0 Å². The van der Waals surface area contributed by atoms with E-state index in [-0.39, 0.29) is 18.4 Å². The van der Waals surface area contributed by atoms with Crippen LogP contribution in [0, 0.1) is 5.92 Å². The standard InChI is InChI=1S/C14H25NO4/c1-2-4-11(6-7-13(16)17)8-9-15-14(18)12-5-3-10-19-12/h11-12H,2-10H2,1H3,(H,15,18)(H,16,17)/t11?,12-/m0/s1. The molecule has 1 saturated heterocycles. The second-order valence-electron chi connectivity index (χ2n) is 5.17. The Balaban J connectivity index is 2.19. The third-order valence-corrected chi connectivity index (χ3v) is 3.54. The van der Waals surface area contributed by atoms with Crippen molar-refractivity contribution < 1.29 is 19.4 Å². The van der Waals surface area contributed by atoms with E-state index in [0.717, 1.165) is 32.1 Å². The molecule has 0 aliphatic carbocycles. The molecule has 2 N–H and O–H groups in total. The molecule has 1 amide bonds. The van der Waals surface area contributed by atoms with E-state index >= 15 is 0 Å². The molecule has 1 aliphatic heterocycles. The molecule has 0 aromatic heterocycles. The van der Waals surface area contributed by atoms with Crippen LogP contribution in [-0.4, -0.2) is 36.2 Å². The molecule has 0 aromatic rings. The number of nitrogens with one attached hydrogen (secondary N) is 1. The molecule has 1 aliphatic rings. The molecule has 0 radical (unpaired) electrons. The summed E-state index contributed by atoms with van der Waals surface area (Å²) in [6.45, 7) is 3.39. The largest absolute Gasteiger partial charge is 0.481 e. The van der Waals surface area contributed by atoms with Crippen LogP contribution in [0.25, 0.3) is 0 Å². The van der Waals surface area contributed by atoms with Crippen molar-refractivity contribution in [3.05, 3.63) is 0 Å². The van der Waals surface area contributed by atoms with E-state index in [9.17, 15) is 9.59 Å². The molecule has 1 rings (SSSR count). The number of ether oxygens (including phenoxy) is 1. The van der Waals surface area contributed by atoms with Crippen LogP contribution < -0.4 is 5.32 Å². The predicted molar refractivity (Wildman–Crippen MR) is 71.9 cm³/mol. The molecule has 1 heterocycles. The summed E-state index contributed by atoms with van der Waals surface area (Å²) in [6, 6.07) is 0. The van der Waals surface area contributed by atoms with Crippen molar-refractivity contribution in [2.75, 3.05) is 13.2 Å². The van der Waals surface area contributed by atoms with Crippen molar-refractivity contribution in [1.82, 2.24) is 5.32 Å². The topological polar surface area (TPSA) is 75.6 Å². The van der Waals surface area contributed by atoms with Gasteiger partial charge in [0.25, 0.3) is 0 Å². The Morgan fingerprint density at radius 1 is 1.37 bits per heavy atom. The van der Waals surface area contributed by atoms with Gasteiger partial charge in [0, 0.05) is 19.6 Å². The quantitative estimate of drug-likeness (QED) is 0.672. The number of carboxylic acid groups (broad SMARTS) is 1. The second-order valence-corrected chi connectivity index (χ2v) is 5.17. The first kappa shape index (κ1) is 16.0. The lowest BCUT2D eigenvalue weighted by Gasteiger charge is -2.16. The van der Waals surface area contributed by atoms with Gasteiger partial charge in [-0.1, -0.05) is 19.8 Å². The Hall–Kier alpha value is -1.10. The number of carbonyl (C=O) groups excluding carboxylic acids is 1. The Morgan fingerprint density at radius 2 is 2.16 bits per heavy atom. The SMILES string of the molecule is CCCC(CCNC(=O)[C@@H]1CCCO1)CCC(=O)O. The highest BCUT2D eigenvalue weighted by molar-refractivity contribution is 5.80. The molecule has 0 bridgehead atoms. The highest BCUT2D eigenvalue weighted by Gasteiger charge is 2.23. The number of carbonyl (C=O) groups is 2. The number of rotatable bonds is 9. The number of hydrogen-bond acceptors (Lipinski definition) is 3. The zero-order chi connectivity index (χ0) is 14.1.